The Balaban J connectivity index is 3.10. The van der Waals surface area contributed by atoms with Crippen LogP contribution in [0.5, 0.6) is 0 Å². The van der Waals surface area contributed by atoms with Crippen LogP contribution >= 0.6 is 15.9 Å². The fourth-order valence-electron chi connectivity index (χ4n) is 1.98. The second-order valence-corrected chi connectivity index (χ2v) is 5.15. The van der Waals surface area contributed by atoms with E-state index in [1.165, 1.54) is 5.56 Å². The molecule has 2 heteroatoms. The van der Waals surface area contributed by atoms with Crippen LogP contribution in [0.25, 0.3) is 0 Å². The van der Waals surface area contributed by atoms with Crippen LogP contribution in [0.1, 0.15) is 51.2 Å². The first-order valence-corrected chi connectivity index (χ1v) is 6.88. The standard InChI is InChI=1S/C14H21BrO/c1-4-7-11-10-12(8-9-13(11)15)14(16,5-2)6-3/h8-10,16H,4-7H2,1-3H3. The second kappa shape index (κ2) is 5.83. The molecule has 1 aromatic rings. The highest BCUT2D eigenvalue weighted by atomic mass is 79.9. The minimum atomic E-state index is -0.664. The molecular weight excluding hydrogens is 264 g/mol. The molecule has 0 aliphatic heterocycles. The molecule has 0 bridgehead atoms. The smallest absolute Gasteiger partial charge is 0.0891 e. The lowest BCUT2D eigenvalue weighted by atomic mass is 9.87. The summed E-state index contributed by atoms with van der Waals surface area (Å²) in [6, 6.07) is 6.22. The highest BCUT2D eigenvalue weighted by Gasteiger charge is 2.25. The van der Waals surface area contributed by atoms with Crippen molar-refractivity contribution >= 4 is 15.9 Å². The number of aliphatic hydroxyl groups is 1. The average Bonchev–Trinajstić information content (AvgIpc) is 2.31. The van der Waals surface area contributed by atoms with Crippen molar-refractivity contribution in [3.63, 3.8) is 0 Å². The van der Waals surface area contributed by atoms with Gasteiger partial charge in [-0.25, -0.2) is 0 Å². The summed E-state index contributed by atoms with van der Waals surface area (Å²) >= 11 is 3.56. The highest BCUT2D eigenvalue weighted by molar-refractivity contribution is 9.10. The molecule has 0 unspecified atom stereocenters. The first-order chi connectivity index (χ1) is 7.57. The van der Waals surface area contributed by atoms with Crippen LogP contribution in [0.15, 0.2) is 22.7 Å². The van der Waals surface area contributed by atoms with E-state index in [4.69, 9.17) is 0 Å². The quantitative estimate of drug-likeness (QED) is 0.849. The van der Waals surface area contributed by atoms with Crippen molar-refractivity contribution < 1.29 is 5.11 Å². The van der Waals surface area contributed by atoms with Gasteiger partial charge in [-0.05, 0) is 36.5 Å². The van der Waals surface area contributed by atoms with Crippen molar-refractivity contribution in [2.45, 2.75) is 52.1 Å². The van der Waals surface area contributed by atoms with Crippen molar-refractivity contribution in [1.29, 1.82) is 0 Å². The summed E-state index contributed by atoms with van der Waals surface area (Å²) in [5.74, 6) is 0. The van der Waals surface area contributed by atoms with Crippen molar-refractivity contribution in [3.05, 3.63) is 33.8 Å². The van der Waals surface area contributed by atoms with Crippen molar-refractivity contribution in [2.75, 3.05) is 0 Å². The molecule has 1 rings (SSSR count). The van der Waals surface area contributed by atoms with Gasteiger partial charge in [0.05, 0.1) is 5.60 Å². The lowest BCUT2D eigenvalue weighted by Crippen LogP contribution is -2.23. The third kappa shape index (κ3) is 2.86. The summed E-state index contributed by atoms with van der Waals surface area (Å²) in [7, 11) is 0. The van der Waals surface area contributed by atoms with E-state index in [-0.39, 0.29) is 0 Å². The van der Waals surface area contributed by atoms with Crippen LogP contribution in [-0.2, 0) is 12.0 Å². The van der Waals surface area contributed by atoms with E-state index in [1.54, 1.807) is 0 Å². The van der Waals surface area contributed by atoms with Crippen LogP contribution < -0.4 is 0 Å². The first-order valence-electron chi connectivity index (χ1n) is 6.08. The number of halogens is 1. The topological polar surface area (TPSA) is 20.2 Å². The van der Waals surface area contributed by atoms with Gasteiger partial charge in [-0.1, -0.05) is 55.3 Å². The van der Waals surface area contributed by atoms with E-state index in [9.17, 15) is 5.11 Å². The molecule has 0 aromatic heterocycles. The summed E-state index contributed by atoms with van der Waals surface area (Å²) in [6.07, 6.45) is 3.70. The van der Waals surface area contributed by atoms with Crippen molar-refractivity contribution in [3.8, 4) is 0 Å². The summed E-state index contributed by atoms with van der Waals surface area (Å²) < 4.78 is 1.15. The van der Waals surface area contributed by atoms with Gasteiger partial charge in [0.25, 0.3) is 0 Å². The van der Waals surface area contributed by atoms with Gasteiger partial charge in [-0.15, -0.1) is 0 Å². The number of benzene rings is 1. The first kappa shape index (κ1) is 13.7. The molecule has 0 atom stereocenters. The minimum absolute atomic E-state index is 0.664. The Labute approximate surface area is 107 Å². The Morgan fingerprint density at radius 3 is 2.31 bits per heavy atom. The van der Waals surface area contributed by atoms with E-state index < -0.39 is 5.60 Å². The fourth-order valence-corrected chi connectivity index (χ4v) is 2.43. The summed E-state index contributed by atoms with van der Waals surface area (Å²) in [6.45, 7) is 6.24. The largest absolute Gasteiger partial charge is 0.385 e. The Hall–Kier alpha value is -0.340. The zero-order valence-corrected chi connectivity index (χ0v) is 12.0. The van der Waals surface area contributed by atoms with Crippen LogP contribution in [0.3, 0.4) is 0 Å². The Morgan fingerprint density at radius 1 is 1.19 bits per heavy atom. The maximum Gasteiger partial charge on any atom is 0.0891 e. The molecule has 0 radical (unpaired) electrons. The van der Waals surface area contributed by atoms with E-state index >= 15 is 0 Å². The average molecular weight is 285 g/mol. The van der Waals surface area contributed by atoms with Gasteiger partial charge in [0, 0.05) is 4.47 Å². The monoisotopic (exact) mass is 284 g/mol. The maximum absolute atomic E-state index is 10.5. The predicted octanol–water partition coefficient (Wildman–Crippen LogP) is 4.41. The minimum Gasteiger partial charge on any atom is -0.385 e. The van der Waals surface area contributed by atoms with Crippen molar-refractivity contribution in [1.82, 2.24) is 0 Å². The van der Waals surface area contributed by atoms with Crippen LogP contribution in [0, 0.1) is 0 Å². The zero-order valence-electron chi connectivity index (χ0n) is 10.4. The molecule has 0 amide bonds. The molecule has 0 saturated carbocycles. The molecule has 0 fully saturated rings. The second-order valence-electron chi connectivity index (χ2n) is 4.29. The summed E-state index contributed by atoms with van der Waals surface area (Å²) in [5, 5.41) is 10.5. The molecule has 1 aromatic carbocycles. The molecule has 0 saturated heterocycles. The molecule has 1 N–H and O–H groups in total. The molecule has 16 heavy (non-hydrogen) atoms. The zero-order chi connectivity index (χ0) is 12.2. The molecule has 0 aliphatic rings. The number of hydrogen-bond donors (Lipinski definition) is 1. The number of rotatable bonds is 5. The molecule has 90 valence electrons. The van der Waals surface area contributed by atoms with Gasteiger partial charge in [0.1, 0.15) is 0 Å². The highest BCUT2D eigenvalue weighted by Crippen LogP contribution is 2.31. The summed E-state index contributed by atoms with van der Waals surface area (Å²) in [5.41, 5.74) is 1.67. The molecule has 0 aliphatic carbocycles. The van der Waals surface area contributed by atoms with Gasteiger partial charge in [-0.2, -0.15) is 0 Å². The molecular formula is C14H21BrO. The van der Waals surface area contributed by atoms with Crippen LogP contribution in [0.2, 0.25) is 0 Å². The number of aryl methyl sites for hydroxylation is 1. The van der Waals surface area contributed by atoms with E-state index in [1.807, 2.05) is 19.9 Å². The van der Waals surface area contributed by atoms with E-state index in [2.05, 4.69) is 35.0 Å². The summed E-state index contributed by atoms with van der Waals surface area (Å²) in [4.78, 5) is 0. The normalized spacial score (nSPS) is 11.8. The fraction of sp³-hybridized carbons (Fsp3) is 0.571. The Kier molecular flexibility index (Phi) is 5.00. The predicted molar refractivity (Wildman–Crippen MR) is 72.6 cm³/mol. The van der Waals surface area contributed by atoms with Gasteiger partial charge in [-0.3, -0.25) is 0 Å². The van der Waals surface area contributed by atoms with Gasteiger partial charge >= 0.3 is 0 Å². The third-order valence-electron chi connectivity index (χ3n) is 3.27. The van der Waals surface area contributed by atoms with Crippen LogP contribution in [-0.4, -0.2) is 5.11 Å². The van der Waals surface area contributed by atoms with Gasteiger partial charge < -0.3 is 5.11 Å². The molecule has 0 spiro atoms. The molecule has 1 nitrogen and oxygen atoms in total. The van der Waals surface area contributed by atoms with Gasteiger partial charge in [0.2, 0.25) is 0 Å². The van der Waals surface area contributed by atoms with Crippen molar-refractivity contribution in [2.24, 2.45) is 0 Å². The van der Waals surface area contributed by atoms with Crippen LogP contribution in [0.4, 0.5) is 0 Å². The van der Waals surface area contributed by atoms with E-state index in [0.29, 0.717) is 0 Å². The Bertz CT molecular complexity index is 343. The lowest BCUT2D eigenvalue weighted by Gasteiger charge is -2.26. The lowest BCUT2D eigenvalue weighted by molar-refractivity contribution is 0.0283. The Morgan fingerprint density at radius 2 is 1.81 bits per heavy atom. The third-order valence-corrected chi connectivity index (χ3v) is 4.05. The molecule has 0 heterocycles. The van der Waals surface area contributed by atoms with E-state index in [0.717, 1.165) is 35.7 Å². The SMILES string of the molecule is CCCc1cc(C(O)(CC)CC)ccc1Br. The maximum atomic E-state index is 10.5. The van der Waals surface area contributed by atoms with Gasteiger partial charge in [0.15, 0.2) is 0 Å². The number of hydrogen-bond acceptors (Lipinski definition) is 1.